The van der Waals surface area contributed by atoms with Crippen molar-refractivity contribution in [3.8, 4) is 11.5 Å². The zero-order valence-corrected chi connectivity index (χ0v) is 16.0. The van der Waals surface area contributed by atoms with E-state index in [1.165, 1.54) is 5.56 Å². The molecule has 120 valence electrons. The Bertz CT molecular complexity index is 556. The van der Waals surface area contributed by atoms with Crippen molar-refractivity contribution in [2.45, 2.75) is 52.4 Å². The summed E-state index contributed by atoms with van der Waals surface area (Å²) in [4.78, 5) is 0. The van der Waals surface area contributed by atoms with Gasteiger partial charge in [-0.1, -0.05) is 76.2 Å². The first-order valence-electron chi connectivity index (χ1n) is 8.01. The minimum atomic E-state index is 0. The van der Waals surface area contributed by atoms with Crippen LogP contribution in [0.25, 0.3) is 0 Å². The summed E-state index contributed by atoms with van der Waals surface area (Å²) in [5.74, 6) is 1.28. The van der Waals surface area contributed by atoms with E-state index in [4.69, 9.17) is 0 Å². The number of rotatable bonds is 4. The quantitative estimate of drug-likeness (QED) is 0.649. The number of hydrogen-bond acceptors (Lipinski definition) is 2. The van der Waals surface area contributed by atoms with E-state index in [9.17, 15) is 10.2 Å². The van der Waals surface area contributed by atoms with Crippen LogP contribution in [0.3, 0.4) is 0 Å². The summed E-state index contributed by atoms with van der Waals surface area (Å²) in [5, 5.41) is 21.6. The largest absolute Gasteiger partial charge is 1.00 e. The maximum Gasteiger partial charge on any atom is 1.00 e. The monoisotopic (exact) mass is 312 g/mol. The molecule has 0 N–H and O–H groups in total. The summed E-state index contributed by atoms with van der Waals surface area (Å²) in [5.41, 5.74) is 2.41. The van der Waals surface area contributed by atoms with Crippen molar-refractivity contribution >= 4 is 0 Å². The molecule has 24 heavy (non-hydrogen) atoms. The van der Waals surface area contributed by atoms with Crippen LogP contribution in [0.1, 0.15) is 63.5 Å². The van der Waals surface area contributed by atoms with Crippen LogP contribution in [0, 0.1) is 0 Å². The summed E-state index contributed by atoms with van der Waals surface area (Å²) in [6, 6.07) is 14.2. The Labute approximate surface area is 171 Å². The van der Waals surface area contributed by atoms with Gasteiger partial charge < -0.3 is 10.2 Å². The van der Waals surface area contributed by atoms with Crippen LogP contribution in [0.4, 0.5) is 0 Å². The van der Waals surface area contributed by atoms with Gasteiger partial charge in [0, 0.05) is 0 Å². The topological polar surface area (TPSA) is 46.1 Å². The van der Waals surface area contributed by atoms with Crippen molar-refractivity contribution in [1.29, 1.82) is 0 Å². The second-order valence-electron chi connectivity index (χ2n) is 5.76. The van der Waals surface area contributed by atoms with E-state index in [1.807, 2.05) is 24.3 Å². The van der Waals surface area contributed by atoms with Gasteiger partial charge in [0.15, 0.2) is 0 Å². The predicted molar refractivity (Wildman–Crippen MR) is 89.2 cm³/mol. The fraction of sp³-hybridized carbons (Fsp3) is 0.400. The molecule has 2 aromatic carbocycles. The van der Waals surface area contributed by atoms with Crippen LogP contribution in [-0.2, 0) is 0 Å². The first-order chi connectivity index (χ1) is 10.5. The summed E-state index contributed by atoms with van der Waals surface area (Å²) in [6.07, 6.45) is 2.21. The maximum absolute atomic E-state index is 10.9. The molecule has 0 saturated carbocycles. The Morgan fingerprint density at radius 2 is 1.21 bits per heavy atom. The maximum atomic E-state index is 10.9. The molecular weight excluding hydrogens is 286 g/mol. The normalized spacial score (nSPS) is 11.8. The van der Waals surface area contributed by atoms with Crippen LogP contribution < -0.4 is 47.9 Å². The van der Waals surface area contributed by atoms with Crippen LogP contribution in [0.5, 0.6) is 11.5 Å². The van der Waals surface area contributed by atoms with E-state index in [0.717, 1.165) is 18.4 Å². The fourth-order valence-corrected chi connectivity index (χ4v) is 2.09. The minimum Gasteiger partial charge on any atom is -0.872 e. The van der Waals surface area contributed by atoms with E-state index in [-0.39, 0.29) is 49.2 Å². The van der Waals surface area contributed by atoms with E-state index in [1.54, 1.807) is 24.3 Å². The Morgan fingerprint density at radius 3 is 1.67 bits per heavy atom. The first kappa shape index (κ1) is 25.5. The third-order valence-electron chi connectivity index (χ3n) is 4.10. The molecule has 2 rings (SSSR count). The third-order valence-corrected chi connectivity index (χ3v) is 4.10. The SMILES string of the molecule is CCC(C)c1ccc([O-])cc1.CCC(C)c1cccc([O-])c1.[Li+].[Li+]. The van der Waals surface area contributed by atoms with E-state index >= 15 is 0 Å². The van der Waals surface area contributed by atoms with Gasteiger partial charge in [-0.3, -0.25) is 0 Å². The van der Waals surface area contributed by atoms with Crippen molar-refractivity contribution in [3.63, 3.8) is 0 Å². The van der Waals surface area contributed by atoms with Gasteiger partial charge >= 0.3 is 37.7 Å². The van der Waals surface area contributed by atoms with Crippen molar-refractivity contribution in [3.05, 3.63) is 59.7 Å². The van der Waals surface area contributed by atoms with Crippen LogP contribution in [-0.4, -0.2) is 0 Å². The molecule has 2 nitrogen and oxygen atoms in total. The number of benzene rings is 2. The average molecular weight is 312 g/mol. The van der Waals surface area contributed by atoms with Gasteiger partial charge in [-0.25, -0.2) is 0 Å². The van der Waals surface area contributed by atoms with Crippen LogP contribution in [0.15, 0.2) is 48.5 Å². The second kappa shape index (κ2) is 13.5. The Hall–Kier alpha value is -0.765. The van der Waals surface area contributed by atoms with Crippen LogP contribution in [0.2, 0.25) is 0 Å². The molecule has 0 saturated heterocycles. The zero-order chi connectivity index (χ0) is 16.5. The van der Waals surface area contributed by atoms with E-state index < -0.39 is 0 Å². The van der Waals surface area contributed by atoms with Crippen molar-refractivity contribution in [2.75, 3.05) is 0 Å². The van der Waals surface area contributed by atoms with E-state index in [2.05, 4.69) is 27.7 Å². The first-order valence-corrected chi connectivity index (χ1v) is 8.01. The Morgan fingerprint density at radius 1 is 0.708 bits per heavy atom. The molecule has 2 aromatic rings. The van der Waals surface area contributed by atoms with Crippen molar-refractivity contribution in [2.24, 2.45) is 0 Å². The molecule has 0 fully saturated rings. The van der Waals surface area contributed by atoms with Gasteiger partial charge in [-0.2, -0.15) is 0 Å². The third kappa shape index (κ3) is 8.91. The molecule has 0 radical (unpaired) electrons. The molecule has 0 aliphatic carbocycles. The summed E-state index contributed by atoms with van der Waals surface area (Å²) < 4.78 is 0. The molecule has 0 amide bonds. The second-order valence-corrected chi connectivity index (χ2v) is 5.76. The molecule has 4 heteroatoms. The van der Waals surface area contributed by atoms with Gasteiger partial charge in [0.2, 0.25) is 0 Å². The molecule has 0 bridgehead atoms. The Balaban J connectivity index is 0. The molecule has 0 aliphatic heterocycles. The molecule has 0 heterocycles. The molecule has 0 aromatic heterocycles. The van der Waals surface area contributed by atoms with Gasteiger partial charge in [0.25, 0.3) is 0 Å². The minimum absolute atomic E-state index is 0. The summed E-state index contributed by atoms with van der Waals surface area (Å²) in [7, 11) is 0. The average Bonchev–Trinajstić information content (AvgIpc) is 2.54. The van der Waals surface area contributed by atoms with Crippen molar-refractivity contribution in [1.82, 2.24) is 0 Å². The summed E-state index contributed by atoms with van der Waals surface area (Å²) in [6.45, 7) is 8.58. The van der Waals surface area contributed by atoms with Crippen LogP contribution >= 0.6 is 0 Å². The zero-order valence-electron chi connectivity index (χ0n) is 16.0. The Kier molecular flexibility index (Phi) is 14.3. The molecule has 2 atom stereocenters. The fourth-order valence-electron chi connectivity index (χ4n) is 2.09. The number of hydrogen-bond donors (Lipinski definition) is 0. The molecule has 0 spiro atoms. The standard InChI is InChI=1S/2C10H14O.2Li/c1-3-8(2)9-4-6-10(11)7-5-9;1-3-8(2)9-5-4-6-10(11)7-9;;/h2*4-8,11H,3H2,1-2H3;;/q;;2*+1/p-2. The molecule has 2 unspecified atom stereocenters. The summed E-state index contributed by atoms with van der Waals surface area (Å²) >= 11 is 0. The van der Waals surface area contributed by atoms with E-state index in [0.29, 0.717) is 11.8 Å². The van der Waals surface area contributed by atoms with Crippen molar-refractivity contribution < 1.29 is 47.9 Å². The molecular formula is C20H26Li2O2. The van der Waals surface area contributed by atoms with Gasteiger partial charge in [0.05, 0.1) is 0 Å². The van der Waals surface area contributed by atoms with Gasteiger partial charge in [0.1, 0.15) is 0 Å². The van der Waals surface area contributed by atoms with Gasteiger partial charge in [-0.05, 0) is 35.8 Å². The van der Waals surface area contributed by atoms with Gasteiger partial charge in [-0.15, -0.1) is 11.5 Å². The smallest absolute Gasteiger partial charge is 0.872 e. The predicted octanol–water partition coefficient (Wildman–Crippen LogP) is -1.44. The molecule has 0 aliphatic rings.